The number of carbonyl (C=O) groups excluding carboxylic acids is 2. The molecular formula is C8H4O4. The fraction of sp³-hybridized carbons (Fsp3) is 0. The minimum absolute atomic E-state index is 0.0552. The lowest BCUT2D eigenvalue weighted by molar-refractivity contribution is 0.0443. The number of carbonyl (C=O) groups is 2. The second-order valence-electron chi connectivity index (χ2n) is 2.41. The lowest BCUT2D eigenvalue weighted by Gasteiger charge is -1.91. The smallest absolute Gasteiger partial charge is 0.347 e. The number of phenolic OH excluding ortho intramolecular Hbond substituents is 1. The summed E-state index contributed by atoms with van der Waals surface area (Å²) >= 11 is 0. The second kappa shape index (κ2) is 2.07. The van der Waals surface area contributed by atoms with E-state index in [1.54, 1.807) is 0 Å². The lowest BCUT2D eigenvalue weighted by atomic mass is 10.1. The monoisotopic (exact) mass is 164 g/mol. The van der Waals surface area contributed by atoms with E-state index in [0.717, 1.165) is 0 Å². The van der Waals surface area contributed by atoms with Gasteiger partial charge in [-0.2, -0.15) is 0 Å². The van der Waals surface area contributed by atoms with Gasteiger partial charge in [0.2, 0.25) is 0 Å². The van der Waals surface area contributed by atoms with Crippen LogP contribution in [0.1, 0.15) is 20.7 Å². The molecule has 0 atom stereocenters. The molecule has 0 amide bonds. The predicted molar refractivity (Wildman–Crippen MR) is 37.9 cm³/mol. The maximum Gasteiger partial charge on any atom is 0.347 e. The molecule has 1 aromatic rings. The molecule has 0 aromatic heterocycles. The van der Waals surface area contributed by atoms with Crippen LogP contribution in [-0.2, 0) is 4.74 Å². The van der Waals surface area contributed by atoms with E-state index in [1.807, 2.05) is 0 Å². The average molecular weight is 164 g/mol. The summed E-state index contributed by atoms with van der Waals surface area (Å²) in [6.45, 7) is 0. The maximum atomic E-state index is 10.9. The number of hydrogen-bond acceptors (Lipinski definition) is 4. The minimum atomic E-state index is -0.703. The zero-order valence-corrected chi connectivity index (χ0v) is 5.90. The molecule has 0 fully saturated rings. The lowest BCUT2D eigenvalue weighted by Crippen LogP contribution is -1.96. The van der Waals surface area contributed by atoms with Gasteiger partial charge < -0.3 is 9.84 Å². The van der Waals surface area contributed by atoms with Gasteiger partial charge in [0.15, 0.2) is 0 Å². The van der Waals surface area contributed by atoms with Crippen LogP contribution in [0, 0.1) is 0 Å². The molecule has 0 saturated carbocycles. The first-order chi connectivity index (χ1) is 5.68. The van der Waals surface area contributed by atoms with Gasteiger partial charge in [-0.3, -0.25) is 0 Å². The Labute approximate surface area is 67.4 Å². The van der Waals surface area contributed by atoms with Gasteiger partial charge in [-0.05, 0) is 18.2 Å². The standard InChI is InChI=1S/C8H4O4/c9-4-1-2-5-6(3-4)8(11)12-7(5)10/h1-3,9H. The van der Waals surface area contributed by atoms with E-state index in [1.165, 1.54) is 18.2 Å². The number of cyclic esters (lactones) is 2. The Morgan fingerprint density at radius 3 is 2.50 bits per heavy atom. The van der Waals surface area contributed by atoms with Crippen LogP contribution in [0.5, 0.6) is 5.75 Å². The van der Waals surface area contributed by atoms with Gasteiger partial charge in [-0.25, -0.2) is 9.59 Å². The quantitative estimate of drug-likeness (QED) is 0.453. The topological polar surface area (TPSA) is 63.6 Å². The van der Waals surface area contributed by atoms with Crippen LogP contribution in [0.25, 0.3) is 0 Å². The Hall–Kier alpha value is -1.84. The number of hydrogen-bond donors (Lipinski definition) is 1. The molecule has 0 spiro atoms. The molecule has 1 heterocycles. The summed E-state index contributed by atoms with van der Waals surface area (Å²) in [5.74, 6) is -1.42. The number of ether oxygens (including phenoxy) is 1. The van der Waals surface area contributed by atoms with Crippen molar-refractivity contribution in [3.8, 4) is 5.75 Å². The van der Waals surface area contributed by atoms with Crippen LogP contribution in [-0.4, -0.2) is 17.0 Å². The molecule has 2 rings (SSSR count). The van der Waals surface area contributed by atoms with Gasteiger partial charge in [-0.15, -0.1) is 0 Å². The summed E-state index contributed by atoms with van der Waals surface area (Å²) in [5, 5.41) is 8.98. The molecule has 1 aromatic carbocycles. The van der Waals surface area contributed by atoms with Crippen LogP contribution < -0.4 is 0 Å². The molecular weight excluding hydrogens is 160 g/mol. The van der Waals surface area contributed by atoms with E-state index in [-0.39, 0.29) is 16.9 Å². The van der Waals surface area contributed by atoms with Crippen LogP contribution in [0.15, 0.2) is 18.2 Å². The van der Waals surface area contributed by atoms with Gasteiger partial charge in [0.1, 0.15) is 5.75 Å². The highest BCUT2D eigenvalue weighted by atomic mass is 16.6. The summed E-state index contributed by atoms with van der Waals surface area (Å²) in [7, 11) is 0. The van der Waals surface area contributed by atoms with E-state index in [0.29, 0.717) is 0 Å². The van der Waals surface area contributed by atoms with Gasteiger partial charge in [0, 0.05) is 0 Å². The Morgan fingerprint density at radius 1 is 1.08 bits per heavy atom. The maximum absolute atomic E-state index is 10.9. The number of fused-ring (bicyclic) bond motifs is 1. The van der Waals surface area contributed by atoms with E-state index >= 15 is 0 Å². The summed E-state index contributed by atoms with van der Waals surface area (Å²) in [5.41, 5.74) is 0.331. The minimum Gasteiger partial charge on any atom is -0.508 e. The highest BCUT2D eigenvalue weighted by molar-refractivity contribution is 6.14. The summed E-state index contributed by atoms with van der Waals surface area (Å²) in [6.07, 6.45) is 0. The molecule has 1 N–H and O–H groups in total. The van der Waals surface area contributed by atoms with Crippen molar-refractivity contribution in [3.05, 3.63) is 29.3 Å². The SMILES string of the molecule is O=C1OC(=O)c2cc(O)ccc21. The number of benzene rings is 1. The van der Waals surface area contributed by atoms with E-state index in [9.17, 15) is 9.59 Å². The highest BCUT2D eigenvalue weighted by Gasteiger charge is 2.29. The number of aromatic hydroxyl groups is 1. The molecule has 4 nitrogen and oxygen atoms in total. The third-order valence-electron chi connectivity index (χ3n) is 1.63. The fourth-order valence-corrected chi connectivity index (χ4v) is 1.07. The Morgan fingerprint density at radius 2 is 1.75 bits per heavy atom. The van der Waals surface area contributed by atoms with Crippen LogP contribution >= 0.6 is 0 Å². The van der Waals surface area contributed by atoms with Crippen molar-refractivity contribution in [2.24, 2.45) is 0 Å². The average Bonchev–Trinajstić information content (AvgIpc) is 2.28. The molecule has 0 bridgehead atoms. The molecule has 1 aliphatic rings. The van der Waals surface area contributed by atoms with Crippen molar-refractivity contribution in [2.45, 2.75) is 0 Å². The molecule has 4 heteroatoms. The first-order valence-corrected chi connectivity index (χ1v) is 3.28. The molecule has 0 unspecified atom stereocenters. The first kappa shape index (κ1) is 6.84. The molecule has 0 radical (unpaired) electrons. The van der Waals surface area contributed by atoms with Crippen molar-refractivity contribution >= 4 is 11.9 Å². The van der Waals surface area contributed by atoms with E-state index in [4.69, 9.17) is 5.11 Å². The molecule has 60 valence electrons. The summed E-state index contributed by atoms with van der Waals surface area (Å²) in [6, 6.07) is 3.90. The van der Waals surface area contributed by atoms with E-state index in [2.05, 4.69) is 4.74 Å². The number of esters is 2. The van der Waals surface area contributed by atoms with E-state index < -0.39 is 11.9 Å². The van der Waals surface area contributed by atoms with Crippen molar-refractivity contribution < 1.29 is 19.4 Å². The third-order valence-corrected chi connectivity index (χ3v) is 1.63. The zero-order chi connectivity index (χ0) is 8.72. The van der Waals surface area contributed by atoms with Crippen molar-refractivity contribution in [3.63, 3.8) is 0 Å². The van der Waals surface area contributed by atoms with Crippen LogP contribution in [0.4, 0.5) is 0 Å². The van der Waals surface area contributed by atoms with Gasteiger partial charge in [0.25, 0.3) is 0 Å². The summed E-state index contributed by atoms with van der Waals surface area (Å²) < 4.78 is 4.30. The Balaban J connectivity index is 2.68. The Bertz CT molecular complexity index is 381. The van der Waals surface area contributed by atoms with Crippen molar-refractivity contribution in [2.75, 3.05) is 0 Å². The second-order valence-corrected chi connectivity index (χ2v) is 2.41. The number of phenols is 1. The summed E-state index contributed by atoms with van der Waals surface area (Å²) in [4.78, 5) is 21.7. The Kier molecular flexibility index (Phi) is 1.18. The molecule has 1 aliphatic heterocycles. The van der Waals surface area contributed by atoms with Crippen LogP contribution in [0.2, 0.25) is 0 Å². The molecule has 0 saturated heterocycles. The van der Waals surface area contributed by atoms with Crippen molar-refractivity contribution in [1.82, 2.24) is 0 Å². The largest absolute Gasteiger partial charge is 0.508 e. The first-order valence-electron chi connectivity index (χ1n) is 3.28. The third kappa shape index (κ3) is 0.780. The van der Waals surface area contributed by atoms with Crippen LogP contribution in [0.3, 0.4) is 0 Å². The van der Waals surface area contributed by atoms with Gasteiger partial charge >= 0.3 is 11.9 Å². The predicted octanol–water partition coefficient (Wildman–Crippen LogP) is 0.703. The van der Waals surface area contributed by atoms with Gasteiger partial charge in [0.05, 0.1) is 11.1 Å². The van der Waals surface area contributed by atoms with Gasteiger partial charge in [-0.1, -0.05) is 0 Å². The molecule has 12 heavy (non-hydrogen) atoms. The highest BCUT2D eigenvalue weighted by Crippen LogP contribution is 2.23. The molecule has 0 aliphatic carbocycles. The number of rotatable bonds is 0. The zero-order valence-electron chi connectivity index (χ0n) is 5.90. The normalized spacial score (nSPS) is 14.3. The van der Waals surface area contributed by atoms with Crippen molar-refractivity contribution in [1.29, 1.82) is 0 Å². The fourth-order valence-electron chi connectivity index (χ4n) is 1.07.